The molecule has 3 rings (SSSR count). The van der Waals surface area contributed by atoms with Crippen molar-refractivity contribution in [3.63, 3.8) is 0 Å². The van der Waals surface area contributed by atoms with Gasteiger partial charge in [0.25, 0.3) is 0 Å². The van der Waals surface area contributed by atoms with E-state index < -0.39 is 0 Å². The first-order valence-corrected chi connectivity index (χ1v) is 8.55. The SMILES string of the molecule is Cc1ccc(N2CCN(C(=O)Nc3ccccc3Cl)CC2)cc1C. The molecule has 1 fully saturated rings. The van der Waals surface area contributed by atoms with Crippen LogP contribution in [0.25, 0.3) is 0 Å². The van der Waals surface area contributed by atoms with Crippen LogP contribution in [0.3, 0.4) is 0 Å². The fraction of sp³-hybridized carbons (Fsp3) is 0.316. The number of piperazine rings is 1. The lowest BCUT2D eigenvalue weighted by molar-refractivity contribution is 0.208. The highest BCUT2D eigenvalue weighted by molar-refractivity contribution is 6.33. The molecule has 0 unspecified atom stereocenters. The average molecular weight is 344 g/mol. The maximum absolute atomic E-state index is 12.4. The molecule has 0 radical (unpaired) electrons. The number of hydrogen-bond donors (Lipinski definition) is 1. The highest BCUT2D eigenvalue weighted by Crippen LogP contribution is 2.22. The van der Waals surface area contributed by atoms with E-state index in [0.29, 0.717) is 23.8 Å². The molecule has 1 N–H and O–H groups in total. The van der Waals surface area contributed by atoms with Crippen molar-refractivity contribution in [3.05, 3.63) is 58.6 Å². The number of benzene rings is 2. The van der Waals surface area contributed by atoms with Crippen LogP contribution < -0.4 is 10.2 Å². The first-order chi connectivity index (χ1) is 11.5. The highest BCUT2D eigenvalue weighted by atomic mass is 35.5. The summed E-state index contributed by atoms with van der Waals surface area (Å²) in [6.07, 6.45) is 0. The summed E-state index contributed by atoms with van der Waals surface area (Å²) in [6, 6.07) is 13.7. The first kappa shape index (κ1) is 16.7. The minimum Gasteiger partial charge on any atom is -0.368 e. The van der Waals surface area contributed by atoms with E-state index in [1.807, 2.05) is 23.1 Å². The Morgan fingerprint density at radius 3 is 2.38 bits per heavy atom. The standard InChI is InChI=1S/C19H22ClN3O/c1-14-7-8-16(13-15(14)2)22-9-11-23(12-10-22)19(24)21-18-6-4-3-5-17(18)20/h3-8,13H,9-12H2,1-2H3,(H,21,24). The van der Waals surface area contributed by atoms with Crippen LogP contribution in [-0.4, -0.2) is 37.1 Å². The lowest BCUT2D eigenvalue weighted by atomic mass is 10.1. The molecule has 0 aromatic heterocycles. The molecule has 1 aliphatic heterocycles. The van der Waals surface area contributed by atoms with Gasteiger partial charge in [-0.2, -0.15) is 0 Å². The summed E-state index contributed by atoms with van der Waals surface area (Å²) in [5, 5.41) is 3.44. The Morgan fingerprint density at radius 2 is 1.71 bits per heavy atom. The molecule has 24 heavy (non-hydrogen) atoms. The molecule has 0 bridgehead atoms. The zero-order chi connectivity index (χ0) is 17.1. The van der Waals surface area contributed by atoms with Crippen molar-refractivity contribution < 1.29 is 4.79 Å². The zero-order valence-corrected chi connectivity index (χ0v) is 14.8. The molecule has 5 heteroatoms. The van der Waals surface area contributed by atoms with Gasteiger partial charge in [-0.15, -0.1) is 0 Å². The van der Waals surface area contributed by atoms with Crippen LogP contribution in [0.5, 0.6) is 0 Å². The number of nitrogens with zero attached hydrogens (tertiary/aromatic N) is 2. The largest absolute Gasteiger partial charge is 0.368 e. The minimum absolute atomic E-state index is 0.0946. The molecule has 2 aromatic carbocycles. The van der Waals surface area contributed by atoms with E-state index in [-0.39, 0.29) is 6.03 Å². The molecule has 0 spiro atoms. The van der Waals surface area contributed by atoms with Gasteiger partial charge in [0, 0.05) is 31.9 Å². The van der Waals surface area contributed by atoms with Crippen LogP contribution in [0.1, 0.15) is 11.1 Å². The smallest absolute Gasteiger partial charge is 0.322 e. The monoisotopic (exact) mass is 343 g/mol. The van der Waals surface area contributed by atoms with E-state index in [9.17, 15) is 4.79 Å². The third-order valence-electron chi connectivity index (χ3n) is 4.54. The summed E-state index contributed by atoms with van der Waals surface area (Å²) in [6.45, 7) is 7.31. The number of urea groups is 1. The number of para-hydroxylation sites is 1. The molecule has 4 nitrogen and oxygen atoms in total. The van der Waals surface area contributed by atoms with Crippen LogP contribution in [0, 0.1) is 13.8 Å². The van der Waals surface area contributed by atoms with E-state index in [4.69, 9.17) is 11.6 Å². The molecule has 1 heterocycles. The van der Waals surface area contributed by atoms with E-state index in [2.05, 4.69) is 42.3 Å². The van der Waals surface area contributed by atoms with Crippen LogP contribution in [0.2, 0.25) is 5.02 Å². The molecule has 0 saturated carbocycles. The number of nitrogens with one attached hydrogen (secondary N) is 1. The quantitative estimate of drug-likeness (QED) is 0.881. The van der Waals surface area contributed by atoms with Crippen LogP contribution >= 0.6 is 11.6 Å². The van der Waals surface area contributed by atoms with E-state index >= 15 is 0 Å². The average Bonchev–Trinajstić information content (AvgIpc) is 2.59. The Bertz CT molecular complexity index is 739. The number of hydrogen-bond acceptors (Lipinski definition) is 2. The molecule has 1 saturated heterocycles. The zero-order valence-electron chi connectivity index (χ0n) is 14.1. The van der Waals surface area contributed by atoms with Crippen molar-refractivity contribution >= 4 is 29.0 Å². The van der Waals surface area contributed by atoms with Gasteiger partial charge in [-0.05, 0) is 49.2 Å². The highest BCUT2D eigenvalue weighted by Gasteiger charge is 2.21. The third-order valence-corrected chi connectivity index (χ3v) is 4.87. The Kier molecular flexibility index (Phi) is 4.95. The van der Waals surface area contributed by atoms with Gasteiger partial charge >= 0.3 is 6.03 Å². The van der Waals surface area contributed by atoms with Crippen molar-refractivity contribution in [2.45, 2.75) is 13.8 Å². The van der Waals surface area contributed by atoms with Gasteiger partial charge in [0.15, 0.2) is 0 Å². The number of anilines is 2. The summed E-state index contributed by atoms with van der Waals surface area (Å²) in [5.41, 5.74) is 4.48. The summed E-state index contributed by atoms with van der Waals surface area (Å²) in [4.78, 5) is 16.6. The van der Waals surface area contributed by atoms with Crippen molar-refractivity contribution in [3.8, 4) is 0 Å². The number of aryl methyl sites for hydroxylation is 2. The van der Waals surface area contributed by atoms with Crippen molar-refractivity contribution in [1.82, 2.24) is 4.90 Å². The van der Waals surface area contributed by atoms with Gasteiger partial charge in [0.05, 0.1) is 10.7 Å². The maximum atomic E-state index is 12.4. The van der Waals surface area contributed by atoms with E-state index in [1.54, 1.807) is 6.07 Å². The minimum atomic E-state index is -0.0946. The number of rotatable bonds is 2. The number of amides is 2. The lowest BCUT2D eigenvalue weighted by Crippen LogP contribution is -2.50. The maximum Gasteiger partial charge on any atom is 0.322 e. The molecule has 2 aromatic rings. The summed E-state index contributed by atoms with van der Waals surface area (Å²) >= 11 is 6.10. The van der Waals surface area contributed by atoms with Gasteiger partial charge in [-0.25, -0.2) is 4.79 Å². The Labute approximate surface area is 148 Å². The third kappa shape index (κ3) is 3.65. The lowest BCUT2D eigenvalue weighted by Gasteiger charge is -2.36. The molecular weight excluding hydrogens is 322 g/mol. The molecule has 0 aliphatic carbocycles. The first-order valence-electron chi connectivity index (χ1n) is 8.17. The second-order valence-electron chi connectivity index (χ2n) is 6.15. The molecule has 126 valence electrons. The van der Waals surface area contributed by atoms with Gasteiger partial charge in [0.1, 0.15) is 0 Å². The summed E-state index contributed by atoms with van der Waals surface area (Å²) < 4.78 is 0. The van der Waals surface area contributed by atoms with Crippen LogP contribution in [0.15, 0.2) is 42.5 Å². The van der Waals surface area contributed by atoms with E-state index in [1.165, 1.54) is 16.8 Å². The number of halogens is 1. The number of carbonyl (C=O) groups excluding carboxylic acids is 1. The van der Waals surface area contributed by atoms with Crippen molar-refractivity contribution in [2.75, 3.05) is 36.4 Å². The van der Waals surface area contributed by atoms with Crippen molar-refractivity contribution in [2.24, 2.45) is 0 Å². The Morgan fingerprint density at radius 1 is 1.00 bits per heavy atom. The van der Waals surface area contributed by atoms with Gasteiger partial charge in [0.2, 0.25) is 0 Å². The fourth-order valence-electron chi connectivity index (χ4n) is 2.85. The van der Waals surface area contributed by atoms with Crippen LogP contribution in [0.4, 0.5) is 16.2 Å². The molecular formula is C19H22ClN3O. The molecule has 1 aliphatic rings. The number of carbonyl (C=O) groups is 1. The second kappa shape index (κ2) is 7.14. The van der Waals surface area contributed by atoms with Crippen molar-refractivity contribution in [1.29, 1.82) is 0 Å². The summed E-state index contributed by atoms with van der Waals surface area (Å²) in [5.74, 6) is 0. The predicted octanol–water partition coefficient (Wildman–Crippen LogP) is 4.31. The normalized spacial score (nSPS) is 14.6. The Hall–Kier alpha value is -2.20. The topological polar surface area (TPSA) is 35.6 Å². The van der Waals surface area contributed by atoms with Gasteiger partial charge < -0.3 is 15.1 Å². The van der Waals surface area contributed by atoms with Gasteiger partial charge in [-0.1, -0.05) is 29.8 Å². The Balaban J connectivity index is 1.59. The predicted molar refractivity (Wildman–Crippen MR) is 100 cm³/mol. The van der Waals surface area contributed by atoms with Crippen LogP contribution in [-0.2, 0) is 0 Å². The molecule has 0 atom stereocenters. The van der Waals surface area contributed by atoms with Gasteiger partial charge in [-0.3, -0.25) is 0 Å². The fourth-order valence-corrected chi connectivity index (χ4v) is 3.03. The second-order valence-corrected chi connectivity index (χ2v) is 6.56. The summed E-state index contributed by atoms with van der Waals surface area (Å²) in [7, 11) is 0. The molecule has 2 amide bonds. The van der Waals surface area contributed by atoms with E-state index in [0.717, 1.165) is 13.1 Å².